The maximum atomic E-state index is 13.4. The molecule has 0 saturated carbocycles. The second-order valence-corrected chi connectivity index (χ2v) is 9.83. The highest BCUT2D eigenvalue weighted by Crippen LogP contribution is 2.34. The quantitative estimate of drug-likeness (QED) is 0.498. The van der Waals surface area contributed by atoms with Crippen LogP contribution in [0.1, 0.15) is 44.2 Å². The maximum Gasteiger partial charge on any atom is 0.259 e. The van der Waals surface area contributed by atoms with Crippen molar-refractivity contribution in [2.75, 3.05) is 12.9 Å². The number of hydrogen-bond donors (Lipinski definition) is 2. The maximum absolute atomic E-state index is 13.4. The Labute approximate surface area is 220 Å². The minimum absolute atomic E-state index is 0.0768. The molecule has 0 saturated heterocycles. The number of methoxy groups -OCH3 is 1. The molecule has 2 N–H and O–H groups in total. The summed E-state index contributed by atoms with van der Waals surface area (Å²) in [6.45, 7) is 4.34. The molecule has 9 nitrogen and oxygen atoms in total. The molecule has 2 aliphatic heterocycles. The summed E-state index contributed by atoms with van der Waals surface area (Å²) in [5.41, 5.74) is 2.42. The molecular weight excluding hydrogens is 490 g/mol. The molecule has 2 aromatic rings. The van der Waals surface area contributed by atoms with Crippen molar-refractivity contribution < 1.29 is 19.1 Å². The Hall–Kier alpha value is -3.66. The number of carbonyl (C=O) groups is 3. The molecule has 0 bridgehead atoms. The number of hydrogen-bond acceptors (Lipinski definition) is 7. The highest BCUT2D eigenvalue weighted by molar-refractivity contribution is 8.14. The first-order valence-electron chi connectivity index (χ1n) is 12.3. The summed E-state index contributed by atoms with van der Waals surface area (Å²) in [6.07, 6.45) is 1.28. The van der Waals surface area contributed by atoms with Crippen LogP contribution in [0.3, 0.4) is 0 Å². The number of fused-ring (bicyclic) bond motifs is 3. The smallest absolute Gasteiger partial charge is 0.259 e. The number of para-hydroxylation sites is 1. The molecule has 0 aromatic heterocycles. The SMILES string of the molecule is CCC(C)NC(=O)CSC1=Nc2ccccc2C2=NC(CCC(=O)NCc3ccc(OC)cc3)C(=O)N12. The van der Waals surface area contributed by atoms with E-state index in [1.807, 2.05) is 62.4 Å². The van der Waals surface area contributed by atoms with E-state index in [0.29, 0.717) is 23.2 Å². The molecule has 0 radical (unpaired) electrons. The Morgan fingerprint density at radius 2 is 1.89 bits per heavy atom. The fourth-order valence-corrected chi connectivity index (χ4v) is 4.75. The van der Waals surface area contributed by atoms with Gasteiger partial charge < -0.3 is 15.4 Å². The lowest BCUT2D eigenvalue weighted by molar-refractivity contribution is -0.125. The molecule has 0 aliphatic carbocycles. The number of benzene rings is 2. The van der Waals surface area contributed by atoms with Gasteiger partial charge in [0.15, 0.2) is 5.17 Å². The number of thioether (sulfide) groups is 1. The third kappa shape index (κ3) is 6.37. The zero-order chi connectivity index (χ0) is 26.4. The van der Waals surface area contributed by atoms with Gasteiger partial charge in [0.25, 0.3) is 5.91 Å². The Balaban J connectivity index is 1.39. The topological polar surface area (TPSA) is 112 Å². The first kappa shape index (κ1) is 26.4. The zero-order valence-corrected chi connectivity index (χ0v) is 22.0. The van der Waals surface area contributed by atoms with Crippen molar-refractivity contribution >= 4 is 46.2 Å². The minimum Gasteiger partial charge on any atom is -0.497 e. The average molecular weight is 522 g/mol. The predicted octanol–water partition coefficient (Wildman–Crippen LogP) is 3.40. The normalized spacial score (nSPS) is 16.8. The number of nitrogens with one attached hydrogen (secondary N) is 2. The summed E-state index contributed by atoms with van der Waals surface area (Å²) in [4.78, 5) is 49.0. The van der Waals surface area contributed by atoms with Crippen molar-refractivity contribution in [1.82, 2.24) is 15.5 Å². The molecular formula is C27H31N5O4S. The molecule has 194 valence electrons. The third-order valence-electron chi connectivity index (χ3n) is 6.19. The van der Waals surface area contributed by atoms with Crippen LogP contribution in [0.15, 0.2) is 58.5 Å². The van der Waals surface area contributed by atoms with Crippen LogP contribution < -0.4 is 15.4 Å². The number of nitrogens with zero attached hydrogens (tertiary/aromatic N) is 3. The third-order valence-corrected chi connectivity index (χ3v) is 7.13. The Kier molecular flexibility index (Phi) is 8.60. The number of rotatable bonds is 10. The van der Waals surface area contributed by atoms with Gasteiger partial charge in [-0.05, 0) is 49.6 Å². The second kappa shape index (κ2) is 12.1. The Morgan fingerprint density at radius 1 is 1.14 bits per heavy atom. The number of aliphatic imine (C=N–C) groups is 2. The van der Waals surface area contributed by atoms with E-state index in [2.05, 4.69) is 20.6 Å². The molecule has 2 heterocycles. The lowest BCUT2D eigenvalue weighted by Gasteiger charge is -2.25. The van der Waals surface area contributed by atoms with E-state index in [9.17, 15) is 14.4 Å². The van der Waals surface area contributed by atoms with Crippen LogP contribution in [-0.4, -0.2) is 58.6 Å². The van der Waals surface area contributed by atoms with E-state index < -0.39 is 6.04 Å². The van der Waals surface area contributed by atoms with Crippen molar-refractivity contribution in [3.63, 3.8) is 0 Å². The van der Waals surface area contributed by atoms with Gasteiger partial charge in [-0.15, -0.1) is 0 Å². The van der Waals surface area contributed by atoms with E-state index in [-0.39, 0.29) is 42.4 Å². The molecule has 37 heavy (non-hydrogen) atoms. The van der Waals surface area contributed by atoms with Crippen molar-refractivity contribution in [1.29, 1.82) is 0 Å². The summed E-state index contributed by atoms with van der Waals surface area (Å²) in [6, 6.07) is 14.3. The lowest BCUT2D eigenvalue weighted by Crippen LogP contribution is -2.42. The van der Waals surface area contributed by atoms with E-state index in [1.165, 1.54) is 16.7 Å². The fourth-order valence-electron chi connectivity index (χ4n) is 3.94. The van der Waals surface area contributed by atoms with E-state index in [0.717, 1.165) is 23.3 Å². The number of amidine groups is 2. The Morgan fingerprint density at radius 3 is 2.62 bits per heavy atom. The van der Waals surface area contributed by atoms with Gasteiger partial charge in [0, 0.05) is 24.6 Å². The van der Waals surface area contributed by atoms with Crippen LogP contribution in [0, 0.1) is 0 Å². The van der Waals surface area contributed by atoms with Gasteiger partial charge in [-0.2, -0.15) is 0 Å². The molecule has 10 heteroatoms. The number of carbonyl (C=O) groups excluding carboxylic acids is 3. The fraction of sp³-hybridized carbons (Fsp3) is 0.370. The molecule has 4 rings (SSSR count). The first-order chi connectivity index (χ1) is 17.9. The van der Waals surface area contributed by atoms with Crippen LogP contribution in [0.2, 0.25) is 0 Å². The van der Waals surface area contributed by atoms with Gasteiger partial charge in [0.05, 0.1) is 18.6 Å². The van der Waals surface area contributed by atoms with Gasteiger partial charge in [0.1, 0.15) is 17.6 Å². The highest BCUT2D eigenvalue weighted by Gasteiger charge is 2.41. The standard InChI is InChI=1S/C27H31N5O4S/c1-4-17(2)29-24(34)16-37-27-31-21-8-6-5-7-20(21)25-30-22(26(35)32(25)27)13-14-23(33)28-15-18-9-11-19(36-3)12-10-18/h5-12,17,22H,4,13-16H2,1-3H3,(H,28,33)(H,29,34). The van der Waals surface area contributed by atoms with Gasteiger partial charge in [0.2, 0.25) is 11.8 Å². The summed E-state index contributed by atoms with van der Waals surface area (Å²) >= 11 is 1.21. The van der Waals surface area contributed by atoms with Gasteiger partial charge >= 0.3 is 0 Å². The average Bonchev–Trinajstić information content (AvgIpc) is 3.26. The van der Waals surface area contributed by atoms with Crippen LogP contribution in [0.5, 0.6) is 5.75 Å². The van der Waals surface area contributed by atoms with E-state index >= 15 is 0 Å². The van der Waals surface area contributed by atoms with Crippen molar-refractivity contribution in [2.24, 2.45) is 9.98 Å². The lowest BCUT2D eigenvalue weighted by atomic mass is 10.1. The second-order valence-electron chi connectivity index (χ2n) is 8.88. The number of amides is 3. The Bertz CT molecular complexity index is 1230. The van der Waals surface area contributed by atoms with Crippen LogP contribution >= 0.6 is 11.8 Å². The van der Waals surface area contributed by atoms with E-state index in [4.69, 9.17) is 4.74 Å². The molecule has 2 unspecified atom stereocenters. The monoisotopic (exact) mass is 521 g/mol. The summed E-state index contributed by atoms with van der Waals surface area (Å²) in [5.74, 6) is 0.908. The molecule has 0 spiro atoms. The summed E-state index contributed by atoms with van der Waals surface area (Å²) < 4.78 is 5.15. The first-order valence-corrected chi connectivity index (χ1v) is 13.3. The zero-order valence-electron chi connectivity index (χ0n) is 21.2. The van der Waals surface area contributed by atoms with Gasteiger partial charge in [-0.1, -0.05) is 43.0 Å². The van der Waals surface area contributed by atoms with Crippen molar-refractivity contribution in [2.45, 2.75) is 51.7 Å². The molecule has 0 fully saturated rings. The summed E-state index contributed by atoms with van der Waals surface area (Å²) in [5, 5.41) is 6.25. The van der Waals surface area contributed by atoms with Crippen molar-refractivity contribution in [3.8, 4) is 5.75 Å². The minimum atomic E-state index is -0.687. The largest absolute Gasteiger partial charge is 0.497 e. The molecule has 3 amide bonds. The van der Waals surface area contributed by atoms with Crippen LogP contribution in [0.25, 0.3) is 0 Å². The molecule has 2 atom stereocenters. The van der Waals surface area contributed by atoms with E-state index in [1.54, 1.807) is 7.11 Å². The number of ether oxygens (including phenoxy) is 1. The summed E-state index contributed by atoms with van der Waals surface area (Å²) in [7, 11) is 1.61. The van der Waals surface area contributed by atoms with Crippen molar-refractivity contribution in [3.05, 3.63) is 59.7 Å². The highest BCUT2D eigenvalue weighted by atomic mass is 32.2. The molecule has 2 aliphatic rings. The van der Waals surface area contributed by atoms with Crippen LogP contribution in [0.4, 0.5) is 5.69 Å². The van der Waals surface area contributed by atoms with Gasteiger partial charge in [-0.3, -0.25) is 19.4 Å². The predicted molar refractivity (Wildman–Crippen MR) is 145 cm³/mol. The molecule has 2 aromatic carbocycles. The van der Waals surface area contributed by atoms with Gasteiger partial charge in [-0.25, -0.2) is 9.89 Å². The van der Waals surface area contributed by atoms with Crippen LogP contribution in [-0.2, 0) is 20.9 Å².